The Balaban J connectivity index is 1.44. The molecule has 6 rings (SSSR count). The lowest BCUT2D eigenvalue weighted by Crippen LogP contribution is -2.34. The zero-order valence-corrected chi connectivity index (χ0v) is 22.5. The second kappa shape index (κ2) is 9.84. The monoisotopic (exact) mass is 492 g/mol. The summed E-state index contributed by atoms with van der Waals surface area (Å²) in [4.78, 5) is 0. The topological polar surface area (TPSA) is 0 Å². The third kappa shape index (κ3) is 4.52. The van der Waals surface area contributed by atoms with Crippen LogP contribution in [0.25, 0.3) is 22.3 Å². The molecule has 0 heterocycles. The molecule has 0 aromatic heterocycles. The maximum atomic E-state index is 2.56. The molecule has 0 aliphatic heterocycles. The first-order valence-electron chi connectivity index (χ1n) is 13.2. The van der Waals surface area contributed by atoms with Crippen LogP contribution in [-0.4, -0.2) is 8.07 Å². The lowest BCUT2D eigenvalue weighted by atomic mass is 9.95. The summed E-state index contributed by atoms with van der Waals surface area (Å²) in [6.07, 6.45) is 10.3. The molecular formula is C36H32Si. The van der Waals surface area contributed by atoms with E-state index in [4.69, 9.17) is 0 Å². The molecule has 0 radical (unpaired) electrons. The molecule has 0 bridgehead atoms. The van der Waals surface area contributed by atoms with E-state index in [1.807, 2.05) is 0 Å². The van der Waals surface area contributed by atoms with E-state index in [0.717, 1.165) is 0 Å². The predicted octanol–water partition coefficient (Wildman–Crippen LogP) is 9.80. The van der Waals surface area contributed by atoms with Gasteiger partial charge in [-0.1, -0.05) is 159 Å². The average Bonchev–Trinajstić information content (AvgIpc) is 3.62. The van der Waals surface area contributed by atoms with Crippen LogP contribution < -0.4 is 0 Å². The quantitative estimate of drug-likeness (QED) is 0.235. The molecule has 0 saturated carbocycles. The van der Waals surface area contributed by atoms with E-state index in [1.165, 1.54) is 44.5 Å². The molecule has 0 nitrogen and oxygen atoms in total. The lowest BCUT2D eigenvalue weighted by molar-refractivity contribution is 1.17. The molecule has 0 saturated heterocycles. The number of hydrogen-bond donors (Lipinski definition) is 0. The molecule has 0 fully saturated rings. The van der Waals surface area contributed by atoms with Crippen LogP contribution in [0.4, 0.5) is 0 Å². The molecule has 180 valence electrons. The van der Waals surface area contributed by atoms with Crippen LogP contribution in [0.15, 0.2) is 146 Å². The van der Waals surface area contributed by atoms with Crippen LogP contribution >= 0.6 is 0 Å². The number of rotatable bonds is 6. The zero-order valence-electron chi connectivity index (χ0n) is 21.5. The van der Waals surface area contributed by atoms with Gasteiger partial charge in [-0.3, -0.25) is 0 Å². The van der Waals surface area contributed by atoms with E-state index in [-0.39, 0.29) is 0 Å². The third-order valence-electron chi connectivity index (χ3n) is 8.02. The second-order valence-corrected chi connectivity index (χ2v) is 15.6. The number of hydrogen-bond acceptors (Lipinski definition) is 0. The molecule has 0 spiro atoms. The predicted molar refractivity (Wildman–Crippen MR) is 163 cm³/mol. The van der Waals surface area contributed by atoms with E-state index in [2.05, 4.69) is 159 Å². The van der Waals surface area contributed by atoms with E-state index in [1.54, 1.807) is 0 Å². The smallest absolute Gasteiger partial charge is 0.0700 e. The highest BCUT2D eigenvalue weighted by Gasteiger charge is 2.40. The van der Waals surface area contributed by atoms with Gasteiger partial charge in [0, 0.05) is 0 Å². The number of allylic oxidation sites excluding steroid dienone is 8. The van der Waals surface area contributed by atoms with E-state index >= 15 is 0 Å². The molecule has 1 heteroatoms. The summed E-state index contributed by atoms with van der Waals surface area (Å²) in [5.41, 5.74) is 11.6. The Labute approximate surface area is 222 Å². The zero-order chi connectivity index (χ0) is 25.2. The molecule has 2 aliphatic rings. The van der Waals surface area contributed by atoms with Crippen molar-refractivity contribution in [3.05, 3.63) is 168 Å². The van der Waals surface area contributed by atoms with Gasteiger partial charge in [-0.15, -0.1) is 0 Å². The maximum Gasteiger partial charge on any atom is 0.0700 e. The van der Waals surface area contributed by atoms with Gasteiger partial charge in [0.05, 0.1) is 8.07 Å². The van der Waals surface area contributed by atoms with E-state index in [0.29, 0.717) is 11.1 Å². The normalized spacial score (nSPS) is 16.3. The van der Waals surface area contributed by atoms with Crippen LogP contribution in [-0.2, 0) is 0 Å². The Kier molecular flexibility index (Phi) is 6.24. The van der Waals surface area contributed by atoms with Gasteiger partial charge in [0.25, 0.3) is 0 Å². The summed E-state index contributed by atoms with van der Waals surface area (Å²) in [7, 11) is -1.84. The van der Waals surface area contributed by atoms with Crippen molar-refractivity contribution in [3.8, 4) is 0 Å². The fourth-order valence-electron chi connectivity index (χ4n) is 5.73. The van der Waals surface area contributed by atoms with Gasteiger partial charge in [0.15, 0.2) is 0 Å². The first kappa shape index (κ1) is 23.5. The summed E-state index contributed by atoms with van der Waals surface area (Å²) < 4.78 is 0. The van der Waals surface area contributed by atoms with Gasteiger partial charge >= 0.3 is 0 Å². The largest absolute Gasteiger partial charge is 0.0718 e. The molecule has 4 aromatic carbocycles. The molecule has 4 aromatic rings. The van der Waals surface area contributed by atoms with E-state index < -0.39 is 8.07 Å². The Hall–Kier alpha value is -3.94. The molecule has 2 aliphatic carbocycles. The van der Waals surface area contributed by atoms with Crippen molar-refractivity contribution in [2.24, 2.45) is 0 Å². The summed E-state index contributed by atoms with van der Waals surface area (Å²) in [5.74, 6) is 0. The lowest BCUT2D eigenvalue weighted by Gasteiger charge is -2.31. The van der Waals surface area contributed by atoms with Crippen molar-refractivity contribution in [2.75, 3.05) is 0 Å². The summed E-state index contributed by atoms with van der Waals surface area (Å²) in [5, 5.41) is 0. The highest BCUT2D eigenvalue weighted by molar-refractivity contribution is 6.82. The van der Waals surface area contributed by atoms with Gasteiger partial charge in [-0.2, -0.15) is 0 Å². The van der Waals surface area contributed by atoms with Crippen molar-refractivity contribution in [2.45, 2.75) is 24.2 Å². The Bertz CT molecular complexity index is 1280. The fraction of sp³-hybridized carbons (Fsp3) is 0.111. The minimum absolute atomic E-state index is 0.447. The summed E-state index contributed by atoms with van der Waals surface area (Å²) in [6, 6.07) is 43.6. The van der Waals surface area contributed by atoms with Crippen molar-refractivity contribution in [1.82, 2.24) is 0 Å². The van der Waals surface area contributed by atoms with Crippen molar-refractivity contribution >= 4 is 30.4 Å². The average molecular weight is 493 g/mol. The molecular weight excluding hydrogens is 460 g/mol. The van der Waals surface area contributed by atoms with Crippen molar-refractivity contribution in [1.29, 1.82) is 0 Å². The highest BCUT2D eigenvalue weighted by Crippen LogP contribution is 2.52. The SMILES string of the molecule is C[Si](C)(C1C=C(c2ccccc2)C(c2ccccc2)=C1)C1C=C(c2ccccc2)C(c2ccccc2)=C1. The second-order valence-electron chi connectivity index (χ2n) is 10.7. The minimum Gasteiger partial charge on any atom is -0.0718 e. The van der Waals surface area contributed by atoms with Crippen molar-refractivity contribution < 1.29 is 0 Å². The number of benzene rings is 4. The standard InChI is InChI=1S/C36H32Si/c1-37(2,31-23-33(27-15-7-3-8-16-27)34(24-31)28-17-9-4-10-18-28)32-25-35(29-19-11-5-12-20-29)36(26-32)30-21-13-6-14-22-30/h3-26,31-32H,1-2H3. The van der Waals surface area contributed by atoms with Crippen LogP contribution in [0.5, 0.6) is 0 Å². The van der Waals surface area contributed by atoms with Gasteiger partial charge < -0.3 is 0 Å². The molecule has 0 atom stereocenters. The Morgan fingerprint density at radius 3 is 0.784 bits per heavy atom. The van der Waals surface area contributed by atoms with Gasteiger partial charge in [-0.05, 0) is 55.6 Å². The van der Waals surface area contributed by atoms with Gasteiger partial charge in [-0.25, -0.2) is 0 Å². The van der Waals surface area contributed by atoms with Crippen molar-refractivity contribution in [3.63, 3.8) is 0 Å². The van der Waals surface area contributed by atoms with Gasteiger partial charge in [0.2, 0.25) is 0 Å². The first-order chi connectivity index (χ1) is 18.1. The third-order valence-corrected chi connectivity index (χ3v) is 12.1. The maximum absolute atomic E-state index is 2.56. The van der Waals surface area contributed by atoms with Crippen LogP contribution in [0, 0.1) is 0 Å². The Morgan fingerprint density at radius 1 is 0.351 bits per heavy atom. The minimum atomic E-state index is -1.84. The molecule has 0 unspecified atom stereocenters. The molecule has 37 heavy (non-hydrogen) atoms. The summed E-state index contributed by atoms with van der Waals surface area (Å²) in [6.45, 7) is 5.13. The fourth-order valence-corrected chi connectivity index (χ4v) is 8.56. The summed E-state index contributed by atoms with van der Waals surface area (Å²) >= 11 is 0. The molecule has 0 amide bonds. The Morgan fingerprint density at radius 2 is 0.568 bits per heavy atom. The van der Waals surface area contributed by atoms with Crippen LogP contribution in [0.1, 0.15) is 22.3 Å². The van der Waals surface area contributed by atoms with Gasteiger partial charge in [0.1, 0.15) is 0 Å². The van der Waals surface area contributed by atoms with Crippen LogP contribution in [0.2, 0.25) is 24.2 Å². The first-order valence-corrected chi connectivity index (χ1v) is 16.4. The highest BCUT2D eigenvalue weighted by atomic mass is 28.3. The van der Waals surface area contributed by atoms with E-state index in [9.17, 15) is 0 Å². The molecule has 0 N–H and O–H groups in total. The van der Waals surface area contributed by atoms with Crippen LogP contribution in [0.3, 0.4) is 0 Å².